The second kappa shape index (κ2) is 2.99. The lowest BCUT2D eigenvalue weighted by Gasteiger charge is -1.92. The van der Waals surface area contributed by atoms with E-state index in [1.165, 1.54) is 6.20 Å². The lowest BCUT2D eigenvalue weighted by molar-refractivity contribution is 0.0698. The molecule has 0 spiro atoms. The van der Waals surface area contributed by atoms with E-state index >= 15 is 0 Å². The molecule has 14 heavy (non-hydrogen) atoms. The molecule has 72 valence electrons. The highest BCUT2D eigenvalue weighted by Crippen LogP contribution is 2.25. The van der Waals surface area contributed by atoms with Gasteiger partial charge in [0.15, 0.2) is 0 Å². The predicted octanol–water partition coefficient (Wildman–Crippen LogP) is 2.22. The van der Waals surface area contributed by atoms with E-state index in [1.807, 2.05) is 0 Å². The minimum atomic E-state index is -0.997. The van der Waals surface area contributed by atoms with Crippen molar-refractivity contribution >= 4 is 28.6 Å². The average molecular weight is 211 g/mol. The number of rotatable bonds is 1. The average Bonchev–Trinajstić information content (AvgIpc) is 2.42. The number of aryl methyl sites for hydroxylation is 1. The number of H-pyrrole nitrogens is 1. The van der Waals surface area contributed by atoms with Crippen LogP contribution in [0.2, 0.25) is 5.02 Å². The Bertz CT molecular complexity index is 519. The van der Waals surface area contributed by atoms with Gasteiger partial charge in [0.2, 0.25) is 0 Å². The Morgan fingerprint density at radius 2 is 2.36 bits per heavy atom. The Balaban J connectivity index is 2.90. The van der Waals surface area contributed by atoms with Crippen LogP contribution in [0.5, 0.6) is 0 Å². The number of nitrogens with zero attached hydrogens (tertiary/aromatic N) is 1. The standard InChI is InChI=1S/C9H7ClN2O2/c1-4-6(9(13)14)8-7(12-4)5(10)2-3-11-8/h2-3,12H,1H3,(H,13,14). The van der Waals surface area contributed by atoms with Gasteiger partial charge in [0.1, 0.15) is 11.1 Å². The number of aromatic amines is 1. The van der Waals surface area contributed by atoms with Gasteiger partial charge in [-0.25, -0.2) is 4.79 Å². The van der Waals surface area contributed by atoms with Gasteiger partial charge >= 0.3 is 5.97 Å². The summed E-state index contributed by atoms with van der Waals surface area (Å²) in [5.74, 6) is -0.997. The highest BCUT2D eigenvalue weighted by Gasteiger charge is 2.17. The van der Waals surface area contributed by atoms with E-state index in [0.717, 1.165) is 0 Å². The van der Waals surface area contributed by atoms with Crippen molar-refractivity contribution in [1.29, 1.82) is 0 Å². The van der Waals surface area contributed by atoms with Crippen LogP contribution in [0.4, 0.5) is 0 Å². The number of hydrogen-bond acceptors (Lipinski definition) is 2. The number of aromatic carboxylic acids is 1. The summed E-state index contributed by atoms with van der Waals surface area (Å²) in [6.07, 6.45) is 1.49. The summed E-state index contributed by atoms with van der Waals surface area (Å²) in [5, 5.41) is 9.42. The zero-order valence-corrected chi connectivity index (χ0v) is 8.09. The molecule has 0 saturated carbocycles. The fourth-order valence-corrected chi connectivity index (χ4v) is 1.63. The number of aromatic nitrogens is 2. The Morgan fingerprint density at radius 3 is 3.00 bits per heavy atom. The quantitative estimate of drug-likeness (QED) is 0.759. The maximum absolute atomic E-state index is 10.9. The summed E-state index contributed by atoms with van der Waals surface area (Å²) in [6, 6.07) is 1.62. The van der Waals surface area contributed by atoms with Crippen molar-refractivity contribution in [3.8, 4) is 0 Å². The first-order valence-corrected chi connectivity index (χ1v) is 4.35. The zero-order chi connectivity index (χ0) is 10.3. The third-order valence-corrected chi connectivity index (χ3v) is 2.35. The molecular formula is C9H7ClN2O2. The number of nitrogens with one attached hydrogen (secondary N) is 1. The van der Waals surface area contributed by atoms with Gasteiger partial charge in [0, 0.05) is 11.9 Å². The molecule has 0 atom stereocenters. The molecule has 2 heterocycles. The molecule has 0 radical (unpaired) electrons. The lowest BCUT2D eigenvalue weighted by Crippen LogP contribution is -1.97. The second-order valence-electron chi connectivity index (χ2n) is 2.95. The van der Waals surface area contributed by atoms with Crippen molar-refractivity contribution in [2.75, 3.05) is 0 Å². The van der Waals surface area contributed by atoms with E-state index in [4.69, 9.17) is 16.7 Å². The minimum absolute atomic E-state index is 0.183. The first-order valence-electron chi connectivity index (χ1n) is 3.97. The van der Waals surface area contributed by atoms with Crippen LogP contribution in [0.1, 0.15) is 16.1 Å². The van der Waals surface area contributed by atoms with E-state index < -0.39 is 5.97 Å². The third-order valence-electron chi connectivity index (χ3n) is 2.04. The van der Waals surface area contributed by atoms with Crippen LogP contribution in [0.3, 0.4) is 0 Å². The summed E-state index contributed by atoms with van der Waals surface area (Å²) in [4.78, 5) is 17.8. The lowest BCUT2D eigenvalue weighted by atomic mass is 10.2. The Morgan fingerprint density at radius 1 is 1.64 bits per heavy atom. The van der Waals surface area contributed by atoms with Crippen LogP contribution in [0, 0.1) is 6.92 Å². The number of carboxylic acid groups (broad SMARTS) is 1. The van der Waals surface area contributed by atoms with Gasteiger partial charge in [-0.05, 0) is 13.0 Å². The highest BCUT2D eigenvalue weighted by atomic mass is 35.5. The van der Waals surface area contributed by atoms with Gasteiger partial charge in [0.05, 0.1) is 10.5 Å². The largest absolute Gasteiger partial charge is 0.478 e. The molecule has 0 bridgehead atoms. The molecule has 0 aliphatic heterocycles. The maximum Gasteiger partial charge on any atom is 0.339 e. The van der Waals surface area contributed by atoms with Crippen molar-refractivity contribution < 1.29 is 9.90 Å². The van der Waals surface area contributed by atoms with Crippen molar-refractivity contribution in [2.45, 2.75) is 6.92 Å². The molecule has 2 rings (SSSR count). The Kier molecular flexibility index (Phi) is 1.93. The molecule has 4 nitrogen and oxygen atoms in total. The molecule has 0 amide bonds. The number of carboxylic acids is 1. The molecule has 0 unspecified atom stereocenters. The fraction of sp³-hybridized carbons (Fsp3) is 0.111. The van der Waals surface area contributed by atoms with Crippen LogP contribution in [-0.4, -0.2) is 21.0 Å². The molecule has 5 heteroatoms. The van der Waals surface area contributed by atoms with Crippen LogP contribution in [-0.2, 0) is 0 Å². The molecule has 2 aromatic heterocycles. The molecular weight excluding hydrogens is 204 g/mol. The van der Waals surface area contributed by atoms with Crippen LogP contribution < -0.4 is 0 Å². The fourth-order valence-electron chi connectivity index (χ4n) is 1.44. The van der Waals surface area contributed by atoms with Crippen molar-refractivity contribution in [3.63, 3.8) is 0 Å². The van der Waals surface area contributed by atoms with Gasteiger partial charge in [-0.15, -0.1) is 0 Å². The minimum Gasteiger partial charge on any atom is -0.478 e. The first-order chi connectivity index (χ1) is 6.61. The normalized spacial score (nSPS) is 10.7. The zero-order valence-electron chi connectivity index (χ0n) is 7.34. The molecule has 2 aromatic rings. The van der Waals surface area contributed by atoms with Crippen molar-refractivity contribution in [1.82, 2.24) is 9.97 Å². The topological polar surface area (TPSA) is 66.0 Å². The SMILES string of the molecule is Cc1[nH]c2c(Cl)ccnc2c1C(=O)O. The van der Waals surface area contributed by atoms with E-state index in [1.54, 1.807) is 13.0 Å². The van der Waals surface area contributed by atoms with E-state index in [-0.39, 0.29) is 5.56 Å². The van der Waals surface area contributed by atoms with E-state index in [0.29, 0.717) is 21.7 Å². The van der Waals surface area contributed by atoms with Gasteiger partial charge in [-0.3, -0.25) is 4.98 Å². The smallest absolute Gasteiger partial charge is 0.339 e. The summed E-state index contributed by atoms with van der Waals surface area (Å²) in [7, 11) is 0. The summed E-state index contributed by atoms with van der Waals surface area (Å²) >= 11 is 5.88. The van der Waals surface area contributed by atoms with Gasteiger partial charge in [0.25, 0.3) is 0 Å². The number of hydrogen-bond donors (Lipinski definition) is 2. The molecule has 2 N–H and O–H groups in total. The third kappa shape index (κ3) is 1.15. The van der Waals surface area contributed by atoms with Gasteiger partial charge in [-0.2, -0.15) is 0 Å². The molecule has 0 aliphatic carbocycles. The van der Waals surface area contributed by atoms with Crippen LogP contribution >= 0.6 is 11.6 Å². The van der Waals surface area contributed by atoms with E-state index in [2.05, 4.69) is 9.97 Å². The Labute approximate surface area is 84.5 Å². The molecule has 0 saturated heterocycles. The number of carbonyl (C=O) groups is 1. The first kappa shape index (κ1) is 9.02. The van der Waals surface area contributed by atoms with Gasteiger partial charge < -0.3 is 10.1 Å². The van der Waals surface area contributed by atoms with Crippen molar-refractivity contribution in [3.05, 3.63) is 28.5 Å². The summed E-state index contributed by atoms with van der Waals surface area (Å²) in [6.45, 7) is 1.68. The Hall–Kier alpha value is -1.55. The monoisotopic (exact) mass is 210 g/mol. The highest BCUT2D eigenvalue weighted by molar-refractivity contribution is 6.35. The van der Waals surface area contributed by atoms with E-state index in [9.17, 15) is 4.79 Å². The summed E-state index contributed by atoms with van der Waals surface area (Å²) < 4.78 is 0. The molecule has 0 aromatic carbocycles. The van der Waals surface area contributed by atoms with Gasteiger partial charge in [-0.1, -0.05) is 11.6 Å². The number of pyridine rings is 1. The molecule has 0 fully saturated rings. The van der Waals surface area contributed by atoms with Crippen molar-refractivity contribution in [2.24, 2.45) is 0 Å². The number of fused-ring (bicyclic) bond motifs is 1. The van der Waals surface area contributed by atoms with Crippen LogP contribution in [0.15, 0.2) is 12.3 Å². The molecule has 0 aliphatic rings. The second-order valence-corrected chi connectivity index (χ2v) is 3.35. The number of halogens is 1. The maximum atomic E-state index is 10.9. The predicted molar refractivity (Wildman–Crippen MR) is 52.8 cm³/mol. The summed E-state index contributed by atoms with van der Waals surface area (Å²) in [5.41, 5.74) is 1.72. The van der Waals surface area contributed by atoms with Crippen LogP contribution in [0.25, 0.3) is 11.0 Å².